The van der Waals surface area contributed by atoms with Gasteiger partial charge >= 0.3 is 0 Å². The standard InChI is InChI=1S/C16H18N2.ClH/c1-12-4-8-15(9-5-12)17-14(3)18-16-10-6-13(2)7-11-16;/h4-11H,1-3H3,(H,17,18);1H. The lowest BCUT2D eigenvalue weighted by molar-refractivity contribution is -0.354. The third-order valence-corrected chi connectivity index (χ3v) is 2.77. The molecule has 0 radical (unpaired) electrons. The van der Waals surface area contributed by atoms with E-state index in [1.807, 2.05) is 6.92 Å². The van der Waals surface area contributed by atoms with E-state index < -0.39 is 0 Å². The number of benzene rings is 2. The summed E-state index contributed by atoms with van der Waals surface area (Å²) in [6, 6.07) is 16.7. The van der Waals surface area contributed by atoms with E-state index in [1.54, 1.807) is 0 Å². The lowest BCUT2D eigenvalue weighted by atomic mass is 10.2. The topological polar surface area (TPSA) is 26.0 Å². The summed E-state index contributed by atoms with van der Waals surface area (Å²) < 4.78 is 0. The minimum atomic E-state index is 0. The highest BCUT2D eigenvalue weighted by Crippen LogP contribution is 2.07. The van der Waals surface area contributed by atoms with Crippen LogP contribution in [0.5, 0.6) is 0 Å². The molecule has 0 saturated heterocycles. The smallest absolute Gasteiger partial charge is 0.249 e. The van der Waals surface area contributed by atoms with E-state index >= 15 is 0 Å². The quantitative estimate of drug-likeness (QED) is 0.563. The summed E-state index contributed by atoms with van der Waals surface area (Å²) in [6.45, 7) is 6.20. The van der Waals surface area contributed by atoms with Crippen LogP contribution in [-0.4, -0.2) is 5.84 Å². The van der Waals surface area contributed by atoms with Crippen LogP contribution in [0.4, 0.5) is 11.4 Å². The molecule has 0 aliphatic carbocycles. The maximum absolute atomic E-state index is 3.34. The van der Waals surface area contributed by atoms with E-state index in [4.69, 9.17) is 0 Å². The summed E-state index contributed by atoms with van der Waals surface area (Å²) in [4.78, 5) is 3.34. The van der Waals surface area contributed by atoms with E-state index in [1.165, 1.54) is 11.1 Å². The van der Waals surface area contributed by atoms with Crippen LogP contribution in [0.15, 0.2) is 48.5 Å². The molecular weight excluding hydrogens is 256 g/mol. The van der Waals surface area contributed by atoms with Crippen molar-refractivity contribution in [3.63, 3.8) is 0 Å². The summed E-state index contributed by atoms with van der Waals surface area (Å²) in [5.41, 5.74) is 4.73. The van der Waals surface area contributed by atoms with Crippen molar-refractivity contribution < 1.29 is 17.4 Å². The maximum atomic E-state index is 3.34. The molecule has 0 heterocycles. The minimum absolute atomic E-state index is 0. The zero-order valence-corrected chi connectivity index (χ0v) is 12.3. The molecule has 0 spiro atoms. The zero-order chi connectivity index (χ0) is 13.0. The predicted molar refractivity (Wildman–Crippen MR) is 77.3 cm³/mol. The first-order valence-corrected chi connectivity index (χ1v) is 6.14. The summed E-state index contributed by atoms with van der Waals surface area (Å²) >= 11 is 0. The van der Waals surface area contributed by atoms with Gasteiger partial charge in [-0.25, -0.2) is 10.3 Å². The maximum Gasteiger partial charge on any atom is 0.249 e. The highest BCUT2D eigenvalue weighted by atomic mass is 35.5. The van der Waals surface area contributed by atoms with Crippen molar-refractivity contribution >= 4 is 17.2 Å². The molecule has 2 nitrogen and oxygen atoms in total. The molecule has 0 fully saturated rings. The van der Waals surface area contributed by atoms with Crippen molar-refractivity contribution in [2.75, 3.05) is 5.32 Å². The number of aryl methyl sites for hydroxylation is 2. The Hall–Kier alpha value is -1.80. The molecule has 2 aromatic rings. The first kappa shape index (κ1) is 15.3. The van der Waals surface area contributed by atoms with Gasteiger partial charge in [0.2, 0.25) is 5.84 Å². The molecule has 0 amide bonds. The second kappa shape index (κ2) is 6.95. The predicted octanol–water partition coefficient (Wildman–Crippen LogP) is -0.450. The van der Waals surface area contributed by atoms with Crippen molar-refractivity contribution in [3.8, 4) is 0 Å². The Morgan fingerprint density at radius 3 is 1.84 bits per heavy atom. The van der Waals surface area contributed by atoms with Gasteiger partial charge < -0.3 is 12.4 Å². The summed E-state index contributed by atoms with van der Waals surface area (Å²) in [6.07, 6.45) is 0. The second-order valence-corrected chi connectivity index (χ2v) is 4.61. The normalized spacial score (nSPS) is 10.8. The van der Waals surface area contributed by atoms with E-state index in [2.05, 4.69) is 72.7 Å². The Balaban J connectivity index is 0.00000180. The Bertz CT molecular complexity index is 542. The van der Waals surface area contributed by atoms with E-state index in [-0.39, 0.29) is 12.4 Å². The molecule has 2 aromatic carbocycles. The molecule has 0 aromatic heterocycles. The Morgan fingerprint density at radius 2 is 1.32 bits per heavy atom. The Kier molecular flexibility index (Phi) is 5.58. The molecule has 0 aliphatic heterocycles. The van der Waals surface area contributed by atoms with Gasteiger partial charge in [0, 0.05) is 6.92 Å². The van der Waals surface area contributed by atoms with Gasteiger partial charge in [0.1, 0.15) is 11.4 Å². The monoisotopic (exact) mass is 274 g/mol. The average molecular weight is 275 g/mol. The molecule has 2 N–H and O–H groups in total. The summed E-state index contributed by atoms with van der Waals surface area (Å²) in [5.74, 6) is 1.02. The van der Waals surface area contributed by atoms with Crippen molar-refractivity contribution in [1.29, 1.82) is 0 Å². The Morgan fingerprint density at radius 1 is 0.842 bits per heavy atom. The SMILES string of the molecule is CC(Nc1ccc(C)cc1)=[NH+]c1ccc(C)cc1.[Cl-]. The molecule has 0 unspecified atom stereocenters. The first-order valence-electron chi connectivity index (χ1n) is 6.14. The number of anilines is 1. The largest absolute Gasteiger partial charge is 1.00 e. The third kappa shape index (κ3) is 4.76. The van der Waals surface area contributed by atoms with Crippen LogP contribution in [-0.2, 0) is 0 Å². The summed E-state index contributed by atoms with van der Waals surface area (Å²) in [5, 5.41) is 3.34. The highest BCUT2D eigenvalue weighted by Gasteiger charge is 2.01. The lowest BCUT2D eigenvalue weighted by Crippen LogP contribution is -3.00. The van der Waals surface area contributed by atoms with Crippen LogP contribution < -0.4 is 22.7 Å². The molecule has 100 valence electrons. The van der Waals surface area contributed by atoms with Crippen LogP contribution in [0.2, 0.25) is 0 Å². The number of halogens is 1. The van der Waals surface area contributed by atoms with Crippen molar-refractivity contribution in [3.05, 3.63) is 59.7 Å². The van der Waals surface area contributed by atoms with Gasteiger partial charge in [0.25, 0.3) is 0 Å². The Labute approximate surface area is 121 Å². The molecule has 0 aliphatic rings. The van der Waals surface area contributed by atoms with E-state index in [0.29, 0.717) is 0 Å². The average Bonchev–Trinajstić information content (AvgIpc) is 2.35. The van der Waals surface area contributed by atoms with Crippen LogP contribution in [0, 0.1) is 13.8 Å². The number of hydrogen-bond donors (Lipinski definition) is 2. The van der Waals surface area contributed by atoms with Crippen LogP contribution in [0.3, 0.4) is 0 Å². The van der Waals surface area contributed by atoms with Gasteiger partial charge in [0.05, 0.1) is 0 Å². The number of amidine groups is 1. The number of hydrogen-bond acceptors (Lipinski definition) is 0. The second-order valence-electron chi connectivity index (χ2n) is 4.61. The number of nitrogens with one attached hydrogen (secondary N) is 2. The van der Waals surface area contributed by atoms with Crippen molar-refractivity contribution in [2.24, 2.45) is 0 Å². The van der Waals surface area contributed by atoms with Gasteiger partial charge in [0.15, 0.2) is 0 Å². The van der Waals surface area contributed by atoms with Gasteiger partial charge in [-0.3, -0.25) is 0 Å². The van der Waals surface area contributed by atoms with Gasteiger partial charge in [-0.05, 0) is 38.1 Å². The molecule has 0 bridgehead atoms. The van der Waals surface area contributed by atoms with Crippen LogP contribution >= 0.6 is 0 Å². The van der Waals surface area contributed by atoms with E-state index in [0.717, 1.165) is 17.2 Å². The van der Waals surface area contributed by atoms with Gasteiger partial charge in [-0.1, -0.05) is 35.4 Å². The fourth-order valence-corrected chi connectivity index (χ4v) is 1.74. The fourth-order valence-electron chi connectivity index (χ4n) is 1.74. The summed E-state index contributed by atoms with van der Waals surface area (Å²) in [7, 11) is 0. The van der Waals surface area contributed by atoms with E-state index in [9.17, 15) is 0 Å². The molecule has 0 atom stereocenters. The van der Waals surface area contributed by atoms with Crippen molar-refractivity contribution in [2.45, 2.75) is 20.8 Å². The third-order valence-electron chi connectivity index (χ3n) is 2.77. The first-order chi connectivity index (χ1) is 8.63. The fraction of sp³-hybridized carbons (Fsp3) is 0.188. The van der Waals surface area contributed by atoms with Crippen LogP contribution in [0.25, 0.3) is 0 Å². The molecule has 19 heavy (non-hydrogen) atoms. The minimum Gasteiger partial charge on any atom is -1.00 e. The van der Waals surface area contributed by atoms with Gasteiger partial charge in [-0.2, -0.15) is 0 Å². The molecule has 2 rings (SSSR count). The molecule has 0 saturated carbocycles. The zero-order valence-electron chi connectivity index (χ0n) is 11.5. The van der Waals surface area contributed by atoms with Gasteiger partial charge in [-0.15, -0.1) is 0 Å². The van der Waals surface area contributed by atoms with Crippen molar-refractivity contribution in [1.82, 2.24) is 0 Å². The van der Waals surface area contributed by atoms with Crippen LogP contribution in [0.1, 0.15) is 18.1 Å². The lowest BCUT2D eigenvalue weighted by Gasteiger charge is -2.00. The molecule has 3 heteroatoms. The highest BCUT2D eigenvalue weighted by molar-refractivity contribution is 5.89. The molecular formula is C16H19ClN2. The number of rotatable bonds is 2.